The fourth-order valence-corrected chi connectivity index (χ4v) is 2.31. The summed E-state index contributed by atoms with van der Waals surface area (Å²) in [7, 11) is -4.37. The molecule has 0 saturated carbocycles. The van der Waals surface area contributed by atoms with Gasteiger partial charge in [-0.3, -0.25) is 0 Å². The van der Waals surface area contributed by atoms with Crippen molar-refractivity contribution in [2.24, 2.45) is 0 Å². The van der Waals surface area contributed by atoms with Gasteiger partial charge < -0.3 is 9.54 Å². The number of aromatic amines is 2. The van der Waals surface area contributed by atoms with E-state index in [1.807, 2.05) is 30.6 Å². The number of rotatable bonds is 1. The molecule has 0 aliphatic heterocycles. The zero-order valence-corrected chi connectivity index (χ0v) is 10.7. The molecule has 3 rings (SSSR count). The smallest absolute Gasteiger partial charge is 0.166 e. The average Bonchev–Trinajstić information content (AvgIpc) is 2.88. The first-order valence-electron chi connectivity index (χ1n) is 5.52. The maximum Gasteiger partial charge on any atom is 0.166 e. The van der Waals surface area contributed by atoms with Gasteiger partial charge in [0, 0.05) is 29.2 Å². The van der Waals surface area contributed by atoms with E-state index in [1.54, 1.807) is 18.3 Å². The fraction of sp³-hybridized carbons (Fsp3) is 0. The lowest BCUT2D eigenvalue weighted by molar-refractivity contribution is -0.377. The molecule has 0 radical (unpaired) electrons. The zero-order chi connectivity index (χ0) is 13.7. The minimum atomic E-state index is -4.37. The second-order valence-corrected chi connectivity index (χ2v) is 5.07. The number of hydrogen-bond donors (Lipinski definition) is 1. The summed E-state index contributed by atoms with van der Waals surface area (Å²) in [6.45, 7) is 0. The molecule has 0 fully saturated rings. The molecule has 0 spiro atoms. The van der Waals surface area contributed by atoms with Gasteiger partial charge in [0.25, 0.3) is 0 Å². The van der Waals surface area contributed by atoms with Gasteiger partial charge in [-0.2, -0.15) is 0 Å². The third-order valence-corrected chi connectivity index (χ3v) is 3.33. The standard InChI is InChI=1S/C8H7NO3S.C5H5N/c10-13(11,12)8-3-1-2-7-6(8)4-5-9-7;1-2-4-6-5-3-1/h1-5,9H,(H,10,11,12);1-5H. The molecule has 0 bridgehead atoms. The molecule has 6 heteroatoms. The SMILES string of the molecule is O=S(=O)([O-])c1cccc2[nH]ccc12.c1cc[nH+]cc1. The molecule has 2 heterocycles. The van der Waals surface area contributed by atoms with E-state index in [2.05, 4.69) is 9.97 Å². The van der Waals surface area contributed by atoms with Crippen molar-refractivity contribution in [2.75, 3.05) is 0 Å². The minimum Gasteiger partial charge on any atom is -0.744 e. The largest absolute Gasteiger partial charge is 0.744 e. The highest BCUT2D eigenvalue weighted by Gasteiger charge is 2.06. The lowest BCUT2D eigenvalue weighted by Gasteiger charge is -2.07. The van der Waals surface area contributed by atoms with Crippen molar-refractivity contribution in [3.05, 3.63) is 61.1 Å². The van der Waals surface area contributed by atoms with Crippen molar-refractivity contribution < 1.29 is 18.0 Å². The first-order chi connectivity index (χ1) is 9.09. The molecule has 0 aliphatic rings. The Bertz CT molecular complexity index is 725. The normalized spacial score (nSPS) is 10.8. The van der Waals surface area contributed by atoms with E-state index >= 15 is 0 Å². The Balaban J connectivity index is 0.000000186. The van der Waals surface area contributed by atoms with Crippen molar-refractivity contribution in [2.45, 2.75) is 4.90 Å². The number of fused-ring (bicyclic) bond motifs is 1. The van der Waals surface area contributed by atoms with Crippen LogP contribution in [-0.4, -0.2) is 18.0 Å². The van der Waals surface area contributed by atoms with Crippen LogP contribution in [0.2, 0.25) is 0 Å². The number of nitrogens with one attached hydrogen (secondary N) is 2. The number of benzene rings is 1. The Morgan fingerprint density at radius 3 is 2.26 bits per heavy atom. The fourth-order valence-electron chi connectivity index (χ4n) is 1.62. The van der Waals surface area contributed by atoms with E-state index in [-0.39, 0.29) is 4.90 Å². The van der Waals surface area contributed by atoms with E-state index in [0.717, 1.165) is 0 Å². The van der Waals surface area contributed by atoms with Crippen molar-refractivity contribution >= 4 is 21.0 Å². The van der Waals surface area contributed by atoms with Gasteiger partial charge in [-0.15, -0.1) is 0 Å². The second-order valence-electron chi connectivity index (χ2n) is 3.73. The van der Waals surface area contributed by atoms with Crippen molar-refractivity contribution in [1.82, 2.24) is 4.98 Å². The van der Waals surface area contributed by atoms with Gasteiger partial charge in [-0.1, -0.05) is 12.1 Å². The Morgan fingerprint density at radius 2 is 1.74 bits per heavy atom. The minimum absolute atomic E-state index is 0.175. The van der Waals surface area contributed by atoms with E-state index in [9.17, 15) is 13.0 Å². The quantitative estimate of drug-likeness (QED) is 0.684. The summed E-state index contributed by atoms with van der Waals surface area (Å²) >= 11 is 0. The van der Waals surface area contributed by atoms with Gasteiger partial charge >= 0.3 is 0 Å². The molecule has 0 unspecified atom stereocenters. The van der Waals surface area contributed by atoms with Gasteiger partial charge in [0.2, 0.25) is 0 Å². The van der Waals surface area contributed by atoms with Crippen LogP contribution in [0.4, 0.5) is 0 Å². The van der Waals surface area contributed by atoms with E-state index < -0.39 is 10.1 Å². The van der Waals surface area contributed by atoms with Crippen LogP contribution in [-0.2, 0) is 10.1 Å². The highest BCUT2D eigenvalue weighted by atomic mass is 32.2. The molecule has 5 nitrogen and oxygen atoms in total. The van der Waals surface area contributed by atoms with Crippen LogP contribution in [0.1, 0.15) is 0 Å². The monoisotopic (exact) mass is 276 g/mol. The summed E-state index contributed by atoms with van der Waals surface area (Å²) in [6, 6.07) is 12.0. The Labute approximate surface area is 110 Å². The van der Waals surface area contributed by atoms with Gasteiger partial charge in [0.05, 0.1) is 4.90 Å². The predicted octanol–water partition coefficient (Wildman–Crippen LogP) is 1.57. The van der Waals surface area contributed by atoms with Crippen LogP contribution in [0.15, 0.2) is 66.0 Å². The zero-order valence-electron chi connectivity index (χ0n) is 9.91. The molecule has 0 atom stereocenters. The van der Waals surface area contributed by atoms with Gasteiger partial charge in [-0.05, 0) is 18.2 Å². The third kappa shape index (κ3) is 3.40. The van der Waals surface area contributed by atoms with E-state index in [4.69, 9.17) is 0 Å². The molecule has 2 aromatic heterocycles. The molecule has 3 aromatic rings. The molecular formula is C13H12N2O3S. The summed E-state index contributed by atoms with van der Waals surface area (Å²) in [5.74, 6) is 0. The summed E-state index contributed by atoms with van der Waals surface area (Å²) in [6.07, 6.45) is 5.35. The van der Waals surface area contributed by atoms with Crippen molar-refractivity contribution in [3.63, 3.8) is 0 Å². The topological polar surface area (TPSA) is 87.1 Å². The summed E-state index contributed by atoms with van der Waals surface area (Å²) in [4.78, 5) is 5.55. The second kappa shape index (κ2) is 5.64. The number of H-pyrrole nitrogens is 2. The number of aromatic nitrogens is 2. The maximum atomic E-state index is 10.8. The van der Waals surface area contributed by atoms with Crippen LogP contribution < -0.4 is 4.98 Å². The Morgan fingerprint density at radius 1 is 1.00 bits per heavy atom. The molecule has 1 aromatic carbocycles. The average molecular weight is 276 g/mol. The van der Waals surface area contributed by atoms with Gasteiger partial charge in [0.15, 0.2) is 12.4 Å². The van der Waals surface area contributed by atoms with E-state index in [0.29, 0.717) is 10.9 Å². The van der Waals surface area contributed by atoms with Crippen LogP contribution in [0.3, 0.4) is 0 Å². The van der Waals surface area contributed by atoms with Crippen LogP contribution >= 0.6 is 0 Å². The van der Waals surface area contributed by atoms with Gasteiger partial charge in [0.1, 0.15) is 10.1 Å². The lowest BCUT2D eigenvalue weighted by atomic mass is 10.2. The molecule has 19 heavy (non-hydrogen) atoms. The first kappa shape index (κ1) is 13.3. The molecule has 2 N–H and O–H groups in total. The highest BCUT2D eigenvalue weighted by Crippen LogP contribution is 2.21. The Hall–Kier alpha value is -2.18. The summed E-state index contributed by atoms with van der Waals surface area (Å²) in [5, 5.41) is 0.442. The molecule has 0 amide bonds. The summed E-state index contributed by atoms with van der Waals surface area (Å²) < 4.78 is 32.3. The van der Waals surface area contributed by atoms with Gasteiger partial charge in [-0.25, -0.2) is 13.4 Å². The van der Waals surface area contributed by atoms with Crippen LogP contribution in [0, 0.1) is 0 Å². The summed E-state index contributed by atoms with van der Waals surface area (Å²) in [5.41, 5.74) is 0.650. The molecule has 0 aliphatic carbocycles. The number of hydrogen-bond acceptors (Lipinski definition) is 3. The van der Waals surface area contributed by atoms with Crippen molar-refractivity contribution in [3.8, 4) is 0 Å². The maximum absolute atomic E-state index is 10.8. The highest BCUT2D eigenvalue weighted by molar-refractivity contribution is 7.86. The molecule has 0 saturated heterocycles. The number of pyridine rings is 1. The predicted molar refractivity (Wildman–Crippen MR) is 69.3 cm³/mol. The first-order valence-corrected chi connectivity index (χ1v) is 6.93. The molecule has 98 valence electrons. The third-order valence-electron chi connectivity index (χ3n) is 2.43. The molecular weight excluding hydrogens is 264 g/mol. The lowest BCUT2D eigenvalue weighted by Crippen LogP contribution is -1.98. The van der Waals surface area contributed by atoms with Crippen LogP contribution in [0.5, 0.6) is 0 Å². The Kier molecular flexibility index (Phi) is 3.94. The van der Waals surface area contributed by atoms with Crippen LogP contribution in [0.25, 0.3) is 10.9 Å². The van der Waals surface area contributed by atoms with E-state index in [1.165, 1.54) is 12.1 Å². The van der Waals surface area contributed by atoms with Crippen molar-refractivity contribution in [1.29, 1.82) is 0 Å².